The Morgan fingerprint density at radius 3 is 2.50 bits per heavy atom. The zero-order valence-electron chi connectivity index (χ0n) is 6.12. The maximum Gasteiger partial charge on any atom is 0.151 e. The molecule has 0 fully saturated rings. The molecule has 0 heterocycles. The molecule has 0 aromatic heterocycles. The second kappa shape index (κ2) is 6.95. The molecular formula is C6H14O4. The van der Waals surface area contributed by atoms with Gasteiger partial charge in [0.1, 0.15) is 0 Å². The first-order valence-electron chi connectivity index (χ1n) is 3.25. The van der Waals surface area contributed by atoms with Crippen LogP contribution in [-0.2, 0) is 9.47 Å². The molecule has 4 nitrogen and oxygen atoms in total. The molecule has 0 bridgehead atoms. The van der Waals surface area contributed by atoms with E-state index in [0.29, 0.717) is 19.8 Å². The van der Waals surface area contributed by atoms with Gasteiger partial charge in [0.15, 0.2) is 6.29 Å². The summed E-state index contributed by atoms with van der Waals surface area (Å²) in [6.45, 7) is 2.65. The van der Waals surface area contributed by atoms with Crippen molar-refractivity contribution in [3.8, 4) is 0 Å². The molecule has 62 valence electrons. The van der Waals surface area contributed by atoms with Crippen molar-refractivity contribution < 1.29 is 19.7 Å². The number of aliphatic hydroxyl groups is 2. The van der Waals surface area contributed by atoms with E-state index < -0.39 is 6.29 Å². The van der Waals surface area contributed by atoms with E-state index in [1.807, 2.05) is 0 Å². The molecule has 0 aromatic carbocycles. The van der Waals surface area contributed by atoms with Gasteiger partial charge in [-0.05, 0) is 6.92 Å². The summed E-state index contributed by atoms with van der Waals surface area (Å²) in [6, 6.07) is 0. The van der Waals surface area contributed by atoms with E-state index >= 15 is 0 Å². The summed E-state index contributed by atoms with van der Waals surface area (Å²) in [7, 11) is 0. The van der Waals surface area contributed by atoms with Crippen molar-refractivity contribution in [2.45, 2.75) is 13.2 Å². The lowest BCUT2D eigenvalue weighted by Gasteiger charge is -2.05. The largest absolute Gasteiger partial charge is 0.394 e. The fourth-order valence-corrected chi connectivity index (χ4v) is 0.444. The number of hydrogen-bond donors (Lipinski definition) is 2. The Kier molecular flexibility index (Phi) is 6.84. The fraction of sp³-hybridized carbons (Fsp3) is 1.00. The summed E-state index contributed by atoms with van der Waals surface area (Å²) in [5, 5.41) is 16.8. The molecule has 0 aromatic rings. The van der Waals surface area contributed by atoms with Crippen LogP contribution in [0.5, 0.6) is 0 Å². The monoisotopic (exact) mass is 150 g/mol. The normalized spacial score (nSPS) is 13.5. The van der Waals surface area contributed by atoms with Crippen LogP contribution in [0.2, 0.25) is 0 Å². The summed E-state index contributed by atoms with van der Waals surface area (Å²) in [4.78, 5) is 0. The van der Waals surface area contributed by atoms with E-state index in [4.69, 9.17) is 19.7 Å². The molecule has 4 heteroatoms. The Hall–Kier alpha value is -0.160. The van der Waals surface area contributed by atoms with Crippen molar-refractivity contribution in [1.82, 2.24) is 0 Å². The number of rotatable bonds is 6. The summed E-state index contributed by atoms with van der Waals surface area (Å²) in [6.07, 6.45) is -0.738. The van der Waals surface area contributed by atoms with Gasteiger partial charge in [-0.2, -0.15) is 0 Å². The van der Waals surface area contributed by atoms with Crippen LogP contribution in [0.3, 0.4) is 0 Å². The minimum Gasteiger partial charge on any atom is -0.394 e. The molecule has 0 spiro atoms. The van der Waals surface area contributed by atoms with Crippen LogP contribution >= 0.6 is 0 Å². The molecule has 0 saturated carbocycles. The van der Waals surface area contributed by atoms with Gasteiger partial charge in [0.25, 0.3) is 0 Å². The van der Waals surface area contributed by atoms with Gasteiger partial charge in [-0.25, -0.2) is 0 Å². The van der Waals surface area contributed by atoms with Crippen LogP contribution in [0, 0.1) is 0 Å². The average molecular weight is 150 g/mol. The average Bonchev–Trinajstić information content (AvgIpc) is 1.87. The lowest BCUT2D eigenvalue weighted by molar-refractivity contribution is -0.100. The van der Waals surface area contributed by atoms with Crippen molar-refractivity contribution >= 4 is 0 Å². The van der Waals surface area contributed by atoms with E-state index in [0.717, 1.165) is 0 Å². The van der Waals surface area contributed by atoms with Gasteiger partial charge >= 0.3 is 0 Å². The highest BCUT2D eigenvalue weighted by Gasteiger charge is 1.92. The molecular weight excluding hydrogens is 136 g/mol. The second-order valence-corrected chi connectivity index (χ2v) is 1.81. The first kappa shape index (κ1) is 9.84. The SMILES string of the molecule is CC(O)OCCOCCO. The second-order valence-electron chi connectivity index (χ2n) is 1.81. The van der Waals surface area contributed by atoms with E-state index in [9.17, 15) is 0 Å². The Bertz CT molecular complexity index is 64.8. The molecule has 0 radical (unpaired) electrons. The van der Waals surface area contributed by atoms with Crippen LogP contribution in [0.4, 0.5) is 0 Å². The zero-order chi connectivity index (χ0) is 7.82. The summed E-state index contributed by atoms with van der Waals surface area (Å²) >= 11 is 0. The molecule has 0 amide bonds. The predicted octanol–water partition coefficient (Wildman–Crippen LogP) is -0.650. The van der Waals surface area contributed by atoms with Crippen molar-refractivity contribution in [3.05, 3.63) is 0 Å². The summed E-state index contributed by atoms with van der Waals surface area (Å²) in [5.41, 5.74) is 0. The zero-order valence-corrected chi connectivity index (χ0v) is 6.12. The smallest absolute Gasteiger partial charge is 0.151 e. The first-order chi connectivity index (χ1) is 4.77. The standard InChI is InChI=1S/C6H14O4/c1-6(8)10-5-4-9-3-2-7/h6-8H,2-5H2,1H3. The molecule has 0 rings (SSSR count). The minimum atomic E-state index is -0.738. The summed E-state index contributed by atoms with van der Waals surface area (Å²) < 4.78 is 9.58. The fourth-order valence-electron chi connectivity index (χ4n) is 0.444. The van der Waals surface area contributed by atoms with Crippen molar-refractivity contribution in [2.75, 3.05) is 26.4 Å². The number of ether oxygens (including phenoxy) is 2. The van der Waals surface area contributed by atoms with Crippen LogP contribution in [-0.4, -0.2) is 42.9 Å². The van der Waals surface area contributed by atoms with Crippen LogP contribution in [0.15, 0.2) is 0 Å². The third-order valence-corrected chi connectivity index (χ3v) is 0.822. The third kappa shape index (κ3) is 7.84. The molecule has 10 heavy (non-hydrogen) atoms. The van der Waals surface area contributed by atoms with Gasteiger partial charge in [0.2, 0.25) is 0 Å². The van der Waals surface area contributed by atoms with E-state index in [2.05, 4.69) is 0 Å². The Labute approximate surface area is 60.4 Å². The highest BCUT2D eigenvalue weighted by Crippen LogP contribution is 1.83. The topological polar surface area (TPSA) is 58.9 Å². The predicted molar refractivity (Wildman–Crippen MR) is 35.5 cm³/mol. The van der Waals surface area contributed by atoms with Crippen molar-refractivity contribution in [1.29, 1.82) is 0 Å². The molecule has 1 atom stereocenters. The maximum atomic E-state index is 8.58. The van der Waals surface area contributed by atoms with Crippen LogP contribution in [0.25, 0.3) is 0 Å². The molecule has 0 aliphatic heterocycles. The quantitative estimate of drug-likeness (QED) is 0.390. The molecule has 2 N–H and O–H groups in total. The van der Waals surface area contributed by atoms with Gasteiger partial charge in [-0.3, -0.25) is 0 Å². The summed E-state index contributed by atoms with van der Waals surface area (Å²) in [5.74, 6) is 0. The first-order valence-corrected chi connectivity index (χ1v) is 3.25. The van der Waals surface area contributed by atoms with E-state index in [1.165, 1.54) is 6.92 Å². The van der Waals surface area contributed by atoms with Crippen molar-refractivity contribution in [3.63, 3.8) is 0 Å². The lowest BCUT2D eigenvalue weighted by atomic mass is 10.7. The molecule has 0 aliphatic rings. The molecule has 1 unspecified atom stereocenters. The highest BCUT2D eigenvalue weighted by atomic mass is 16.6. The van der Waals surface area contributed by atoms with Gasteiger partial charge in [0.05, 0.1) is 26.4 Å². The Morgan fingerprint density at radius 1 is 1.30 bits per heavy atom. The van der Waals surface area contributed by atoms with Gasteiger partial charge in [-0.15, -0.1) is 0 Å². The molecule has 0 aliphatic carbocycles. The van der Waals surface area contributed by atoms with Crippen LogP contribution in [0.1, 0.15) is 6.92 Å². The third-order valence-electron chi connectivity index (χ3n) is 0.822. The Morgan fingerprint density at radius 2 is 2.00 bits per heavy atom. The lowest BCUT2D eigenvalue weighted by Crippen LogP contribution is -2.12. The van der Waals surface area contributed by atoms with Gasteiger partial charge in [0, 0.05) is 0 Å². The molecule has 0 saturated heterocycles. The van der Waals surface area contributed by atoms with Crippen molar-refractivity contribution in [2.24, 2.45) is 0 Å². The van der Waals surface area contributed by atoms with Gasteiger partial charge < -0.3 is 19.7 Å². The Balaban J connectivity index is 2.77. The number of aliphatic hydroxyl groups excluding tert-OH is 2. The van der Waals surface area contributed by atoms with E-state index in [1.54, 1.807) is 0 Å². The number of hydrogen-bond acceptors (Lipinski definition) is 4. The minimum absolute atomic E-state index is 0.0225. The maximum absolute atomic E-state index is 8.58. The van der Waals surface area contributed by atoms with E-state index in [-0.39, 0.29) is 6.61 Å². The highest BCUT2D eigenvalue weighted by molar-refractivity contribution is 4.30. The van der Waals surface area contributed by atoms with Crippen LogP contribution < -0.4 is 0 Å². The van der Waals surface area contributed by atoms with Gasteiger partial charge in [-0.1, -0.05) is 0 Å².